The topological polar surface area (TPSA) is 229 Å². The van der Waals surface area contributed by atoms with Gasteiger partial charge in [-0.2, -0.15) is 0 Å². The van der Waals surface area contributed by atoms with Crippen LogP contribution < -0.4 is 0 Å². The number of hydrogen-bond donors (Lipinski definition) is 0. The van der Waals surface area contributed by atoms with Crippen LogP contribution in [-0.2, 0) is 85.7 Å². The maximum Gasteiger partial charge on any atom is 0.336 e. The fourth-order valence-corrected chi connectivity index (χ4v) is 6.38. The van der Waals surface area contributed by atoms with Gasteiger partial charge in [0.25, 0.3) is 0 Å². The van der Waals surface area contributed by atoms with Crippen LogP contribution in [0.4, 0.5) is 0 Å². The van der Waals surface area contributed by atoms with E-state index >= 15 is 0 Å². The van der Waals surface area contributed by atoms with Crippen molar-refractivity contribution in [1.82, 2.24) is 0 Å². The molecular weight excluding hydrogens is 656 g/mol. The van der Waals surface area contributed by atoms with Crippen LogP contribution in [0.3, 0.4) is 0 Å². The molecule has 2 aliphatic rings. The van der Waals surface area contributed by atoms with E-state index < -0.39 is 120 Å². The molecular formula is C28H38O18S. The zero-order valence-electron chi connectivity index (χ0n) is 26.9. The van der Waals surface area contributed by atoms with Crippen LogP contribution in [0, 0.1) is 0 Å². The zero-order valence-corrected chi connectivity index (χ0v) is 27.8. The highest BCUT2D eigenvalue weighted by molar-refractivity contribution is 8.00. The molecule has 0 radical (unpaired) electrons. The SMILES string of the molecule is COC(=O)[C@@H]1O[C@H](COC(C)=O)[C@H](OC(C)=O)[C@H](OC(C)=O)[C@H]1S[C@@H]1O[C@H](COC(C)=O)[C@@H](OC(C)=O)[C@H](OC(C)=O)[C@H]1OC(C)=O. The molecule has 0 aliphatic carbocycles. The highest BCUT2D eigenvalue weighted by Crippen LogP contribution is 2.42. The molecule has 18 nitrogen and oxygen atoms in total. The molecule has 2 heterocycles. The molecule has 0 saturated carbocycles. The Kier molecular flexibility index (Phi) is 14.9. The third-order valence-electron chi connectivity index (χ3n) is 6.36. The van der Waals surface area contributed by atoms with Crippen LogP contribution in [0.5, 0.6) is 0 Å². The molecule has 2 rings (SSSR count). The molecule has 0 bridgehead atoms. The summed E-state index contributed by atoms with van der Waals surface area (Å²) >= 11 is 0.667. The predicted octanol–water partition coefficient (Wildman–Crippen LogP) is -0.462. The van der Waals surface area contributed by atoms with Crippen LogP contribution in [0.1, 0.15) is 48.5 Å². The highest BCUT2D eigenvalue weighted by Gasteiger charge is 2.58. The molecule has 264 valence electrons. The Labute approximate surface area is 273 Å². The van der Waals surface area contributed by atoms with Crippen molar-refractivity contribution < 1.29 is 85.7 Å². The summed E-state index contributed by atoms with van der Waals surface area (Å²) in [6, 6.07) is 0. The Hall–Kier alpha value is -3.97. The summed E-state index contributed by atoms with van der Waals surface area (Å²) in [4.78, 5) is 97.6. The number of esters is 8. The third-order valence-corrected chi connectivity index (χ3v) is 7.84. The first-order chi connectivity index (χ1) is 21.9. The molecule has 10 atom stereocenters. The molecule has 0 amide bonds. The molecule has 2 aliphatic heterocycles. The van der Waals surface area contributed by atoms with Gasteiger partial charge >= 0.3 is 47.8 Å². The molecule has 0 spiro atoms. The Morgan fingerprint density at radius 2 is 0.894 bits per heavy atom. The van der Waals surface area contributed by atoms with Crippen molar-refractivity contribution in [1.29, 1.82) is 0 Å². The van der Waals surface area contributed by atoms with Crippen molar-refractivity contribution in [3.05, 3.63) is 0 Å². The molecule has 2 saturated heterocycles. The molecule has 0 aromatic heterocycles. The van der Waals surface area contributed by atoms with Gasteiger partial charge in [-0.05, 0) is 0 Å². The summed E-state index contributed by atoms with van der Waals surface area (Å²) < 4.78 is 54.4. The lowest BCUT2D eigenvalue weighted by Gasteiger charge is -2.48. The zero-order chi connectivity index (χ0) is 35.6. The molecule has 2 fully saturated rings. The average molecular weight is 695 g/mol. The predicted molar refractivity (Wildman–Crippen MR) is 152 cm³/mol. The van der Waals surface area contributed by atoms with Crippen molar-refractivity contribution in [3.8, 4) is 0 Å². The van der Waals surface area contributed by atoms with E-state index in [4.69, 9.17) is 47.4 Å². The number of rotatable bonds is 12. The molecule has 0 aromatic carbocycles. The Balaban J connectivity index is 2.73. The van der Waals surface area contributed by atoms with Gasteiger partial charge in [-0.25, -0.2) is 4.79 Å². The number of ether oxygens (including phenoxy) is 10. The van der Waals surface area contributed by atoms with E-state index in [0.717, 1.165) is 55.6 Å². The lowest BCUT2D eigenvalue weighted by Crippen LogP contribution is -2.65. The largest absolute Gasteiger partial charge is 0.467 e. The second kappa shape index (κ2) is 17.8. The Morgan fingerprint density at radius 1 is 0.511 bits per heavy atom. The molecule has 0 N–H and O–H groups in total. The van der Waals surface area contributed by atoms with Gasteiger partial charge in [-0.15, -0.1) is 11.8 Å². The van der Waals surface area contributed by atoms with Crippen LogP contribution in [-0.4, -0.2) is 128 Å². The van der Waals surface area contributed by atoms with Crippen LogP contribution in [0.15, 0.2) is 0 Å². The van der Waals surface area contributed by atoms with Crippen LogP contribution in [0.25, 0.3) is 0 Å². The molecule has 47 heavy (non-hydrogen) atoms. The van der Waals surface area contributed by atoms with Crippen molar-refractivity contribution in [2.45, 2.75) is 108 Å². The van der Waals surface area contributed by atoms with Crippen molar-refractivity contribution in [2.75, 3.05) is 20.3 Å². The highest BCUT2D eigenvalue weighted by atomic mass is 32.2. The minimum atomic E-state index is -1.63. The van der Waals surface area contributed by atoms with Gasteiger partial charge < -0.3 is 47.4 Å². The Bertz CT molecular complexity index is 1200. The summed E-state index contributed by atoms with van der Waals surface area (Å²) in [5.41, 5.74) is -1.46. The van der Waals surface area contributed by atoms with Gasteiger partial charge in [0.05, 0.1) is 12.4 Å². The summed E-state index contributed by atoms with van der Waals surface area (Å²) in [6.07, 6.45) is -11.9. The van der Waals surface area contributed by atoms with Gasteiger partial charge in [0.15, 0.2) is 36.6 Å². The number of methoxy groups -OCH3 is 1. The van der Waals surface area contributed by atoms with E-state index in [1.165, 1.54) is 0 Å². The monoisotopic (exact) mass is 694 g/mol. The fraction of sp³-hybridized carbons (Fsp3) is 0.714. The lowest BCUT2D eigenvalue weighted by atomic mass is 9.96. The average Bonchev–Trinajstić information content (AvgIpc) is 2.94. The standard InChI is InChI=1S/C28H38O18S/c1-11(29)38-9-18-21(41-14(4)32)23(43-16(6)34)26(25(45-18)27(36)37-8)47-28-24(44-17(7)35)22(42-15(5)33)20(40-13(3)31)19(46-28)10-39-12(2)30/h18-26,28H,9-10H2,1-8H3/t18-,19-,20-,21+,22+,23+,24-,25-,26-,28+/m1/s1. The number of carbonyl (C=O) groups is 8. The molecule has 0 unspecified atom stereocenters. The van der Waals surface area contributed by atoms with Gasteiger partial charge in [-0.3, -0.25) is 33.6 Å². The van der Waals surface area contributed by atoms with E-state index in [-0.39, 0.29) is 0 Å². The summed E-state index contributed by atoms with van der Waals surface area (Å²) in [5, 5.41) is -1.38. The van der Waals surface area contributed by atoms with Gasteiger partial charge in [0.1, 0.15) is 30.9 Å². The van der Waals surface area contributed by atoms with Gasteiger partial charge in [0, 0.05) is 48.5 Å². The first-order valence-electron chi connectivity index (χ1n) is 14.1. The minimum Gasteiger partial charge on any atom is -0.467 e. The Morgan fingerprint density at radius 3 is 1.32 bits per heavy atom. The number of thioether (sulfide) groups is 1. The first-order valence-corrected chi connectivity index (χ1v) is 15.1. The summed E-state index contributed by atoms with van der Waals surface area (Å²) in [5.74, 6) is -6.82. The second-order valence-electron chi connectivity index (χ2n) is 10.2. The maximum atomic E-state index is 13.1. The molecule has 0 aromatic rings. The van der Waals surface area contributed by atoms with E-state index in [1.807, 2.05) is 0 Å². The maximum absolute atomic E-state index is 13.1. The van der Waals surface area contributed by atoms with Crippen LogP contribution in [0.2, 0.25) is 0 Å². The van der Waals surface area contributed by atoms with Crippen molar-refractivity contribution in [3.63, 3.8) is 0 Å². The van der Waals surface area contributed by atoms with Gasteiger partial charge in [-0.1, -0.05) is 0 Å². The minimum absolute atomic E-state index is 0.533. The van der Waals surface area contributed by atoms with E-state index in [9.17, 15) is 38.4 Å². The first kappa shape index (κ1) is 39.2. The molecule has 19 heteroatoms. The number of hydrogen-bond acceptors (Lipinski definition) is 19. The van der Waals surface area contributed by atoms with Gasteiger partial charge in [0.2, 0.25) is 0 Å². The normalized spacial score (nSPS) is 30.0. The van der Waals surface area contributed by atoms with E-state index in [2.05, 4.69) is 0 Å². The van der Waals surface area contributed by atoms with Crippen molar-refractivity contribution >= 4 is 59.5 Å². The van der Waals surface area contributed by atoms with E-state index in [1.54, 1.807) is 0 Å². The second-order valence-corrected chi connectivity index (χ2v) is 11.5. The smallest absolute Gasteiger partial charge is 0.336 e. The number of carbonyl (C=O) groups excluding carboxylic acids is 8. The summed E-state index contributed by atoms with van der Waals surface area (Å²) in [6.45, 7) is 6.38. The third kappa shape index (κ3) is 11.7. The summed E-state index contributed by atoms with van der Waals surface area (Å²) in [7, 11) is 1.04. The van der Waals surface area contributed by atoms with Crippen LogP contribution >= 0.6 is 11.8 Å². The van der Waals surface area contributed by atoms with E-state index in [0.29, 0.717) is 11.8 Å². The van der Waals surface area contributed by atoms with Crippen molar-refractivity contribution in [2.24, 2.45) is 0 Å². The quantitative estimate of drug-likeness (QED) is 0.186. The fourth-order valence-electron chi connectivity index (χ4n) is 4.82. The lowest BCUT2D eigenvalue weighted by molar-refractivity contribution is -0.238.